The second-order valence-corrected chi connectivity index (χ2v) is 2.98. The summed E-state index contributed by atoms with van der Waals surface area (Å²) >= 11 is 0. The smallest absolute Gasteiger partial charge is 0.338 e. The van der Waals surface area contributed by atoms with Gasteiger partial charge in [-0.05, 0) is 0 Å². The van der Waals surface area contributed by atoms with Crippen LogP contribution in [0.5, 0.6) is 0 Å². The minimum absolute atomic E-state index is 0.190. The van der Waals surface area contributed by atoms with Crippen molar-refractivity contribution < 1.29 is 4.79 Å². The van der Waals surface area contributed by atoms with Gasteiger partial charge in [-0.25, -0.2) is 19.7 Å². The van der Waals surface area contributed by atoms with Crippen LogP contribution in [-0.4, -0.2) is 35.1 Å². The fraction of sp³-hybridized carbons (Fsp3) is 0. The second-order valence-electron chi connectivity index (χ2n) is 2.98. The largest absolute Gasteiger partial charge is 0.351 e. The lowest BCUT2D eigenvalue weighted by molar-refractivity contribution is 0.244. The molecule has 0 aromatic carbocycles. The van der Waals surface area contributed by atoms with Gasteiger partial charge < -0.3 is 4.98 Å². The zero-order valence-corrected chi connectivity index (χ0v) is 8.84. The number of nitrogens with zero attached hydrogens (tertiary/aromatic N) is 5. The highest BCUT2D eigenvalue weighted by atomic mass is 16.2. The topological polar surface area (TPSA) is 81.4 Å². The standard InChI is InChI=1S/C7H6N4O.C3H4N2/c12-7(10-3-1-8-5-10)11-4-2-9-6-11;1-2-5-3-4-1/h1-6H;1-3H,(H,4,5). The van der Waals surface area contributed by atoms with Crippen molar-refractivity contribution in [3.8, 4) is 0 Å². The number of H-pyrrole nitrogens is 1. The summed E-state index contributed by atoms with van der Waals surface area (Å²) in [6, 6.07) is -0.190. The second kappa shape index (κ2) is 5.40. The zero-order chi connectivity index (χ0) is 11.9. The van der Waals surface area contributed by atoms with Crippen LogP contribution in [0, 0.1) is 0 Å². The minimum atomic E-state index is -0.190. The molecule has 3 rings (SSSR count). The SMILES string of the molecule is O=C(n1ccnc1)n1ccnc1.c1c[nH]cn1. The van der Waals surface area contributed by atoms with Crippen LogP contribution in [-0.2, 0) is 0 Å². The lowest BCUT2D eigenvalue weighted by atomic mass is 10.8. The van der Waals surface area contributed by atoms with Crippen LogP contribution in [0.3, 0.4) is 0 Å². The van der Waals surface area contributed by atoms with E-state index in [9.17, 15) is 4.79 Å². The lowest BCUT2D eigenvalue weighted by Gasteiger charge is -1.98. The number of nitrogens with one attached hydrogen (secondary N) is 1. The van der Waals surface area contributed by atoms with Crippen molar-refractivity contribution in [2.45, 2.75) is 0 Å². The summed E-state index contributed by atoms with van der Waals surface area (Å²) in [4.78, 5) is 25.4. The number of hydrogen-bond acceptors (Lipinski definition) is 4. The van der Waals surface area contributed by atoms with Gasteiger partial charge >= 0.3 is 6.03 Å². The van der Waals surface area contributed by atoms with Gasteiger partial charge in [-0.3, -0.25) is 9.13 Å². The summed E-state index contributed by atoms with van der Waals surface area (Å²) in [5, 5.41) is 0. The molecule has 0 atom stereocenters. The number of aromatic amines is 1. The van der Waals surface area contributed by atoms with Gasteiger partial charge in [-0.15, -0.1) is 0 Å². The van der Waals surface area contributed by atoms with E-state index in [1.54, 1.807) is 43.5 Å². The van der Waals surface area contributed by atoms with Crippen molar-refractivity contribution in [2.75, 3.05) is 0 Å². The van der Waals surface area contributed by atoms with Gasteiger partial charge in [0, 0.05) is 37.2 Å². The highest BCUT2D eigenvalue weighted by Gasteiger charge is 2.03. The molecule has 0 unspecified atom stereocenters. The molecule has 3 heterocycles. The molecular formula is C10H10N6O. The molecule has 17 heavy (non-hydrogen) atoms. The van der Waals surface area contributed by atoms with Gasteiger partial charge in [-0.2, -0.15) is 0 Å². The average molecular weight is 230 g/mol. The molecule has 0 aliphatic carbocycles. The Balaban J connectivity index is 0.000000181. The third kappa shape index (κ3) is 2.88. The molecule has 0 saturated heterocycles. The number of carbonyl (C=O) groups excluding carboxylic acids is 1. The normalized spacial score (nSPS) is 9.41. The van der Waals surface area contributed by atoms with E-state index in [-0.39, 0.29) is 6.03 Å². The molecule has 0 spiro atoms. The van der Waals surface area contributed by atoms with E-state index in [0.717, 1.165) is 0 Å². The molecule has 1 N–H and O–H groups in total. The Morgan fingerprint density at radius 1 is 0.941 bits per heavy atom. The van der Waals surface area contributed by atoms with Crippen molar-refractivity contribution in [3.05, 3.63) is 56.2 Å². The molecule has 0 saturated carbocycles. The van der Waals surface area contributed by atoms with Crippen LogP contribution < -0.4 is 0 Å². The van der Waals surface area contributed by atoms with Crippen LogP contribution in [0.15, 0.2) is 56.2 Å². The van der Waals surface area contributed by atoms with Gasteiger partial charge in [-0.1, -0.05) is 0 Å². The molecular weight excluding hydrogens is 220 g/mol. The summed E-state index contributed by atoms with van der Waals surface area (Å²) < 4.78 is 2.75. The van der Waals surface area contributed by atoms with Gasteiger partial charge in [0.25, 0.3) is 0 Å². The number of aromatic nitrogens is 6. The molecule has 7 nitrogen and oxygen atoms in total. The Kier molecular flexibility index (Phi) is 3.43. The minimum Gasteiger partial charge on any atom is -0.351 e. The number of imidazole rings is 3. The Labute approximate surface area is 96.8 Å². The van der Waals surface area contributed by atoms with Crippen molar-refractivity contribution in [2.24, 2.45) is 0 Å². The van der Waals surface area contributed by atoms with Gasteiger partial charge in [0.1, 0.15) is 12.7 Å². The summed E-state index contributed by atoms with van der Waals surface area (Å²) in [6.45, 7) is 0. The van der Waals surface area contributed by atoms with Crippen LogP contribution in [0.25, 0.3) is 0 Å². The van der Waals surface area contributed by atoms with Crippen molar-refractivity contribution in [3.63, 3.8) is 0 Å². The van der Waals surface area contributed by atoms with Crippen molar-refractivity contribution in [1.82, 2.24) is 29.1 Å². The summed E-state index contributed by atoms with van der Waals surface area (Å²) in [5.41, 5.74) is 0. The first-order valence-corrected chi connectivity index (χ1v) is 4.81. The predicted octanol–water partition coefficient (Wildman–Crippen LogP) is 1.01. The molecule has 0 aliphatic heterocycles. The third-order valence-corrected chi connectivity index (χ3v) is 1.86. The first-order valence-electron chi connectivity index (χ1n) is 4.81. The molecule has 0 aliphatic rings. The van der Waals surface area contributed by atoms with Gasteiger partial charge in [0.2, 0.25) is 0 Å². The quantitative estimate of drug-likeness (QED) is 0.624. The van der Waals surface area contributed by atoms with Gasteiger partial charge in [0.15, 0.2) is 0 Å². The van der Waals surface area contributed by atoms with Crippen molar-refractivity contribution in [1.29, 1.82) is 0 Å². The maximum Gasteiger partial charge on any atom is 0.338 e. The Bertz CT molecular complexity index is 472. The molecule has 0 amide bonds. The van der Waals surface area contributed by atoms with Crippen LogP contribution in [0.4, 0.5) is 4.79 Å². The average Bonchev–Trinajstić information content (AvgIpc) is 3.11. The van der Waals surface area contributed by atoms with Crippen LogP contribution >= 0.6 is 0 Å². The Morgan fingerprint density at radius 3 is 1.88 bits per heavy atom. The van der Waals surface area contributed by atoms with Crippen LogP contribution in [0.2, 0.25) is 0 Å². The van der Waals surface area contributed by atoms with E-state index in [1.807, 2.05) is 0 Å². The first-order chi connectivity index (χ1) is 8.38. The number of hydrogen-bond donors (Lipinski definition) is 1. The molecule has 86 valence electrons. The molecule has 7 heteroatoms. The molecule has 3 aromatic rings. The number of rotatable bonds is 0. The van der Waals surface area contributed by atoms with Crippen LogP contribution in [0.1, 0.15) is 0 Å². The Morgan fingerprint density at radius 2 is 1.59 bits per heavy atom. The Hall–Kier alpha value is -2.70. The fourth-order valence-electron chi connectivity index (χ4n) is 1.09. The highest BCUT2D eigenvalue weighted by Crippen LogP contribution is 1.91. The maximum atomic E-state index is 11.4. The zero-order valence-electron chi connectivity index (χ0n) is 8.84. The molecule has 0 radical (unpaired) electrons. The first kappa shape index (κ1) is 10.8. The third-order valence-electron chi connectivity index (χ3n) is 1.86. The van der Waals surface area contributed by atoms with E-state index in [0.29, 0.717) is 0 Å². The summed E-state index contributed by atoms with van der Waals surface area (Å²) in [7, 11) is 0. The van der Waals surface area contributed by atoms with Crippen molar-refractivity contribution >= 4 is 6.03 Å². The summed E-state index contributed by atoms with van der Waals surface area (Å²) in [6.07, 6.45) is 14.2. The molecule has 3 aromatic heterocycles. The maximum absolute atomic E-state index is 11.4. The fourth-order valence-corrected chi connectivity index (χ4v) is 1.09. The van der Waals surface area contributed by atoms with E-state index in [2.05, 4.69) is 19.9 Å². The lowest BCUT2D eigenvalue weighted by Crippen LogP contribution is -2.15. The van der Waals surface area contributed by atoms with Gasteiger partial charge in [0.05, 0.1) is 6.33 Å². The van der Waals surface area contributed by atoms with E-state index in [4.69, 9.17) is 0 Å². The summed E-state index contributed by atoms with van der Waals surface area (Å²) in [5.74, 6) is 0. The van der Waals surface area contributed by atoms with E-state index in [1.165, 1.54) is 21.8 Å². The van der Waals surface area contributed by atoms with E-state index < -0.39 is 0 Å². The highest BCUT2D eigenvalue weighted by molar-refractivity contribution is 5.78. The van der Waals surface area contributed by atoms with E-state index >= 15 is 0 Å². The molecule has 0 bridgehead atoms. The number of carbonyl (C=O) groups is 1. The predicted molar refractivity (Wildman–Crippen MR) is 59.2 cm³/mol. The molecule has 0 fully saturated rings. The monoisotopic (exact) mass is 230 g/mol.